The Morgan fingerprint density at radius 2 is 2.17 bits per heavy atom. The lowest BCUT2D eigenvalue weighted by Gasteiger charge is -2.16. The molecule has 0 rings (SSSR count). The predicted octanol–water partition coefficient (Wildman–Crippen LogP) is 3.06. The van der Waals surface area contributed by atoms with Gasteiger partial charge in [0.25, 0.3) is 0 Å². The Morgan fingerprint density at radius 1 is 1.58 bits per heavy atom. The third kappa shape index (κ3) is 5.14. The Kier molecular flexibility index (Phi) is 4.91. The normalized spacial score (nSPS) is 17.2. The first-order chi connectivity index (χ1) is 5.52. The van der Waals surface area contributed by atoms with E-state index in [-0.39, 0.29) is 0 Å². The van der Waals surface area contributed by atoms with Crippen LogP contribution in [0.15, 0.2) is 24.3 Å². The SMILES string of the molecule is C=C[C@](C)(O)CC/C=C(\C)CC. The third-order valence-electron chi connectivity index (χ3n) is 2.14. The summed E-state index contributed by atoms with van der Waals surface area (Å²) in [4.78, 5) is 0. The van der Waals surface area contributed by atoms with Crippen LogP contribution in [-0.2, 0) is 0 Å². The highest BCUT2D eigenvalue weighted by atomic mass is 16.3. The highest BCUT2D eigenvalue weighted by Gasteiger charge is 2.12. The largest absolute Gasteiger partial charge is 0.386 e. The van der Waals surface area contributed by atoms with Crippen LogP contribution in [0.5, 0.6) is 0 Å². The van der Waals surface area contributed by atoms with Crippen LogP contribution in [0.3, 0.4) is 0 Å². The number of aliphatic hydroxyl groups is 1. The summed E-state index contributed by atoms with van der Waals surface area (Å²) in [6, 6.07) is 0. The molecule has 0 amide bonds. The molecular formula is C11H20O. The highest BCUT2D eigenvalue weighted by Crippen LogP contribution is 2.14. The van der Waals surface area contributed by atoms with Crippen LogP contribution < -0.4 is 0 Å². The first kappa shape index (κ1) is 11.4. The zero-order valence-corrected chi connectivity index (χ0v) is 8.43. The van der Waals surface area contributed by atoms with E-state index in [1.165, 1.54) is 5.57 Å². The van der Waals surface area contributed by atoms with Crippen LogP contribution >= 0.6 is 0 Å². The van der Waals surface area contributed by atoms with Crippen molar-refractivity contribution in [1.29, 1.82) is 0 Å². The first-order valence-electron chi connectivity index (χ1n) is 4.53. The van der Waals surface area contributed by atoms with E-state index in [2.05, 4.69) is 26.5 Å². The smallest absolute Gasteiger partial charge is 0.0800 e. The minimum atomic E-state index is -0.704. The molecule has 0 aromatic heterocycles. The summed E-state index contributed by atoms with van der Waals surface area (Å²) >= 11 is 0. The second-order valence-corrected chi connectivity index (χ2v) is 3.50. The van der Waals surface area contributed by atoms with Crippen molar-refractivity contribution in [2.24, 2.45) is 0 Å². The molecule has 12 heavy (non-hydrogen) atoms. The van der Waals surface area contributed by atoms with Gasteiger partial charge in [-0.2, -0.15) is 0 Å². The Labute approximate surface area is 75.8 Å². The Hall–Kier alpha value is -0.560. The molecule has 0 heterocycles. The van der Waals surface area contributed by atoms with Crippen molar-refractivity contribution in [1.82, 2.24) is 0 Å². The molecule has 0 saturated carbocycles. The minimum absolute atomic E-state index is 0.704. The molecule has 0 aliphatic carbocycles. The van der Waals surface area contributed by atoms with E-state index >= 15 is 0 Å². The summed E-state index contributed by atoms with van der Waals surface area (Å²) in [5, 5.41) is 9.56. The molecule has 0 aliphatic rings. The van der Waals surface area contributed by atoms with Gasteiger partial charge in [0.2, 0.25) is 0 Å². The maximum absolute atomic E-state index is 9.56. The fourth-order valence-corrected chi connectivity index (χ4v) is 0.857. The zero-order valence-electron chi connectivity index (χ0n) is 8.43. The van der Waals surface area contributed by atoms with Crippen LogP contribution in [0.25, 0.3) is 0 Å². The molecular weight excluding hydrogens is 148 g/mol. The Balaban J connectivity index is 3.77. The summed E-state index contributed by atoms with van der Waals surface area (Å²) in [6.45, 7) is 9.62. The molecule has 1 atom stereocenters. The number of rotatable bonds is 5. The van der Waals surface area contributed by atoms with E-state index in [9.17, 15) is 5.11 Å². The van der Waals surface area contributed by atoms with Gasteiger partial charge in [0, 0.05) is 0 Å². The van der Waals surface area contributed by atoms with Gasteiger partial charge in [0.15, 0.2) is 0 Å². The van der Waals surface area contributed by atoms with E-state index in [1.54, 1.807) is 13.0 Å². The number of hydrogen-bond acceptors (Lipinski definition) is 1. The van der Waals surface area contributed by atoms with Crippen LogP contribution in [0.4, 0.5) is 0 Å². The van der Waals surface area contributed by atoms with Crippen molar-refractivity contribution in [3.05, 3.63) is 24.3 Å². The molecule has 1 heteroatoms. The molecule has 0 radical (unpaired) electrons. The maximum Gasteiger partial charge on any atom is 0.0800 e. The highest BCUT2D eigenvalue weighted by molar-refractivity contribution is 4.99. The lowest BCUT2D eigenvalue weighted by molar-refractivity contribution is 0.103. The average molecular weight is 168 g/mol. The fraction of sp³-hybridized carbons (Fsp3) is 0.636. The summed E-state index contributed by atoms with van der Waals surface area (Å²) in [5.41, 5.74) is 0.680. The van der Waals surface area contributed by atoms with E-state index in [4.69, 9.17) is 0 Å². The van der Waals surface area contributed by atoms with Gasteiger partial charge in [-0.3, -0.25) is 0 Å². The van der Waals surface area contributed by atoms with Gasteiger partial charge in [-0.05, 0) is 33.1 Å². The van der Waals surface area contributed by atoms with Gasteiger partial charge in [-0.15, -0.1) is 6.58 Å². The van der Waals surface area contributed by atoms with Gasteiger partial charge in [0.1, 0.15) is 0 Å². The summed E-state index contributed by atoms with van der Waals surface area (Å²) in [5.74, 6) is 0. The Morgan fingerprint density at radius 3 is 2.58 bits per heavy atom. The van der Waals surface area contributed by atoms with Crippen LogP contribution in [-0.4, -0.2) is 10.7 Å². The lowest BCUT2D eigenvalue weighted by Crippen LogP contribution is -2.19. The molecule has 0 spiro atoms. The molecule has 0 bridgehead atoms. The summed E-state index contributed by atoms with van der Waals surface area (Å²) < 4.78 is 0. The van der Waals surface area contributed by atoms with Gasteiger partial charge in [0.05, 0.1) is 5.60 Å². The monoisotopic (exact) mass is 168 g/mol. The number of allylic oxidation sites excluding steroid dienone is 2. The van der Waals surface area contributed by atoms with Gasteiger partial charge >= 0.3 is 0 Å². The van der Waals surface area contributed by atoms with E-state index in [0.717, 1.165) is 19.3 Å². The van der Waals surface area contributed by atoms with Crippen molar-refractivity contribution >= 4 is 0 Å². The molecule has 0 fully saturated rings. The molecule has 1 N–H and O–H groups in total. The minimum Gasteiger partial charge on any atom is -0.386 e. The molecule has 0 aromatic rings. The van der Waals surface area contributed by atoms with Crippen molar-refractivity contribution in [3.8, 4) is 0 Å². The van der Waals surface area contributed by atoms with E-state index in [1.807, 2.05) is 0 Å². The quantitative estimate of drug-likeness (QED) is 0.625. The summed E-state index contributed by atoms with van der Waals surface area (Å²) in [6.07, 6.45) is 6.56. The van der Waals surface area contributed by atoms with Gasteiger partial charge < -0.3 is 5.11 Å². The van der Waals surface area contributed by atoms with Crippen molar-refractivity contribution in [2.75, 3.05) is 0 Å². The van der Waals surface area contributed by atoms with Crippen LogP contribution in [0.2, 0.25) is 0 Å². The first-order valence-corrected chi connectivity index (χ1v) is 4.53. The van der Waals surface area contributed by atoms with Crippen molar-refractivity contribution in [3.63, 3.8) is 0 Å². The zero-order chi connectivity index (χ0) is 9.61. The van der Waals surface area contributed by atoms with Crippen molar-refractivity contribution in [2.45, 2.75) is 45.6 Å². The molecule has 0 saturated heterocycles. The maximum atomic E-state index is 9.56. The Bertz CT molecular complexity index is 166. The van der Waals surface area contributed by atoms with Gasteiger partial charge in [-0.25, -0.2) is 0 Å². The van der Waals surface area contributed by atoms with Crippen LogP contribution in [0.1, 0.15) is 40.0 Å². The fourth-order valence-electron chi connectivity index (χ4n) is 0.857. The van der Waals surface area contributed by atoms with Crippen LogP contribution in [0, 0.1) is 0 Å². The third-order valence-corrected chi connectivity index (χ3v) is 2.14. The molecule has 70 valence electrons. The molecule has 0 unspecified atom stereocenters. The molecule has 0 aliphatic heterocycles. The van der Waals surface area contributed by atoms with E-state index < -0.39 is 5.60 Å². The van der Waals surface area contributed by atoms with Gasteiger partial charge in [-0.1, -0.05) is 24.6 Å². The standard InChI is InChI=1S/C11H20O/c1-5-10(3)8-7-9-11(4,12)6-2/h6,8,12H,2,5,7,9H2,1,3-4H3/b10-8+/t11-/m0/s1. The second kappa shape index (κ2) is 5.15. The summed E-state index contributed by atoms with van der Waals surface area (Å²) in [7, 11) is 0. The number of hydrogen-bond donors (Lipinski definition) is 1. The second-order valence-electron chi connectivity index (χ2n) is 3.50. The average Bonchev–Trinajstić information content (AvgIpc) is 2.04. The topological polar surface area (TPSA) is 20.2 Å². The molecule has 1 nitrogen and oxygen atoms in total. The van der Waals surface area contributed by atoms with Crippen molar-refractivity contribution < 1.29 is 5.11 Å². The molecule has 0 aromatic carbocycles. The van der Waals surface area contributed by atoms with E-state index in [0.29, 0.717) is 0 Å². The lowest BCUT2D eigenvalue weighted by atomic mass is 9.99. The predicted molar refractivity (Wildman–Crippen MR) is 54.1 cm³/mol.